The number of aromatic nitrogens is 3. The zero-order valence-electron chi connectivity index (χ0n) is 20.5. The van der Waals surface area contributed by atoms with Crippen LogP contribution in [0.1, 0.15) is 66.7 Å². The van der Waals surface area contributed by atoms with E-state index in [9.17, 15) is 14.7 Å². The van der Waals surface area contributed by atoms with Crippen LogP contribution >= 0.6 is 11.6 Å². The molecule has 0 spiro atoms. The highest BCUT2D eigenvalue weighted by Crippen LogP contribution is 2.57. The number of aliphatic hydroxyl groups is 1. The minimum absolute atomic E-state index is 0.0108. The maximum atomic E-state index is 13.4. The van der Waals surface area contributed by atoms with Crippen LogP contribution in [0.15, 0.2) is 18.3 Å². The maximum Gasteiger partial charge on any atom is 0.274 e. The van der Waals surface area contributed by atoms with Gasteiger partial charge in [0, 0.05) is 56.0 Å². The van der Waals surface area contributed by atoms with E-state index in [4.69, 9.17) is 21.4 Å². The van der Waals surface area contributed by atoms with Gasteiger partial charge in [-0.15, -0.1) is 0 Å². The molecule has 2 amide bonds. The van der Waals surface area contributed by atoms with Gasteiger partial charge >= 0.3 is 0 Å². The van der Waals surface area contributed by atoms with Crippen molar-refractivity contribution in [2.24, 2.45) is 5.92 Å². The predicted molar refractivity (Wildman–Crippen MR) is 132 cm³/mol. The summed E-state index contributed by atoms with van der Waals surface area (Å²) in [6, 6.07) is 3.54. The molecule has 2 aliphatic carbocycles. The summed E-state index contributed by atoms with van der Waals surface area (Å²) >= 11 is 6.19. The molecule has 36 heavy (non-hydrogen) atoms. The summed E-state index contributed by atoms with van der Waals surface area (Å²) < 4.78 is 7.81. The van der Waals surface area contributed by atoms with E-state index in [0.717, 1.165) is 24.1 Å². The van der Waals surface area contributed by atoms with Crippen LogP contribution in [-0.2, 0) is 17.8 Å². The van der Waals surface area contributed by atoms with Crippen molar-refractivity contribution in [3.05, 3.63) is 40.3 Å². The zero-order chi connectivity index (χ0) is 25.0. The van der Waals surface area contributed by atoms with Crippen molar-refractivity contribution in [1.29, 1.82) is 0 Å². The van der Waals surface area contributed by atoms with Gasteiger partial charge in [0.25, 0.3) is 5.91 Å². The van der Waals surface area contributed by atoms with E-state index in [1.54, 1.807) is 27.9 Å². The van der Waals surface area contributed by atoms with Gasteiger partial charge in [0.15, 0.2) is 5.69 Å². The number of carbonyl (C=O) groups is 2. The molecule has 2 aromatic rings. The number of fused-ring (bicyclic) bond motifs is 3. The van der Waals surface area contributed by atoms with Crippen LogP contribution in [0.5, 0.6) is 5.88 Å². The Balaban J connectivity index is 1.13. The van der Waals surface area contributed by atoms with Crippen LogP contribution < -0.4 is 4.74 Å². The molecule has 0 aromatic carbocycles. The Morgan fingerprint density at radius 3 is 2.75 bits per heavy atom. The molecule has 6 rings (SSSR count). The van der Waals surface area contributed by atoms with Crippen molar-refractivity contribution in [3.8, 4) is 5.88 Å². The lowest BCUT2D eigenvalue weighted by Gasteiger charge is -2.37. The Bertz CT molecular complexity index is 1180. The fourth-order valence-corrected chi connectivity index (χ4v) is 6.31. The minimum Gasteiger partial charge on any atom is -0.473 e. The van der Waals surface area contributed by atoms with Crippen LogP contribution in [0.4, 0.5) is 0 Å². The lowest BCUT2D eigenvalue weighted by atomic mass is 10.0. The van der Waals surface area contributed by atoms with Crippen LogP contribution in [0, 0.1) is 5.92 Å². The van der Waals surface area contributed by atoms with Crippen molar-refractivity contribution in [1.82, 2.24) is 24.6 Å². The number of hydrogen-bond acceptors (Lipinski definition) is 6. The Morgan fingerprint density at radius 2 is 2.00 bits per heavy atom. The standard InChI is InChI=1S/C26H32ClN5O4/c1-15-11-18(36-25-20(27)3-2-7-28-25)6-10-31(15)22(34)14-32-21-13-16-12-19(16)23(21)24(29-32)26(35)30-8-4-17(33)5-9-30/h2-3,7,15-19,33H,4-6,8-14H2,1H3/t15-,16+,18-,19+/m0/s1. The monoisotopic (exact) mass is 513 g/mol. The van der Waals surface area contributed by atoms with Gasteiger partial charge < -0.3 is 19.6 Å². The molecule has 2 aliphatic heterocycles. The number of aliphatic hydroxyl groups excluding tert-OH is 1. The van der Waals surface area contributed by atoms with Gasteiger partial charge in [-0.2, -0.15) is 5.10 Å². The molecule has 192 valence electrons. The Morgan fingerprint density at radius 1 is 1.19 bits per heavy atom. The SMILES string of the molecule is C[C@H]1C[C@@H](Oc2ncccc2Cl)CCN1C(=O)Cn1nc(C(=O)N2CCC(O)CC2)c2c1C[C@H]1C[C@@H]21. The van der Waals surface area contributed by atoms with E-state index in [1.165, 1.54) is 0 Å². The molecule has 9 nitrogen and oxygen atoms in total. The van der Waals surface area contributed by atoms with E-state index >= 15 is 0 Å². The average molecular weight is 514 g/mol. The normalized spacial score (nSPS) is 27.5. The quantitative estimate of drug-likeness (QED) is 0.659. The van der Waals surface area contributed by atoms with Gasteiger partial charge in [0.2, 0.25) is 11.8 Å². The lowest BCUT2D eigenvalue weighted by Crippen LogP contribution is -2.48. The molecule has 4 atom stereocenters. The van der Waals surface area contributed by atoms with Crippen molar-refractivity contribution >= 4 is 23.4 Å². The highest BCUT2D eigenvalue weighted by atomic mass is 35.5. The molecule has 2 aromatic heterocycles. The molecule has 0 bridgehead atoms. The van der Waals surface area contributed by atoms with Crippen LogP contribution in [0.2, 0.25) is 5.02 Å². The largest absolute Gasteiger partial charge is 0.473 e. The second-order valence-corrected chi connectivity index (χ2v) is 11.1. The van der Waals surface area contributed by atoms with Gasteiger partial charge in [-0.25, -0.2) is 4.98 Å². The van der Waals surface area contributed by atoms with E-state index in [-0.39, 0.29) is 36.6 Å². The predicted octanol–water partition coefficient (Wildman–Crippen LogP) is 2.65. The van der Waals surface area contributed by atoms with E-state index in [2.05, 4.69) is 4.98 Å². The van der Waals surface area contributed by atoms with Crippen molar-refractivity contribution in [3.63, 3.8) is 0 Å². The molecule has 1 N–H and O–H groups in total. The first-order valence-corrected chi connectivity index (χ1v) is 13.4. The molecule has 4 heterocycles. The molecule has 3 fully saturated rings. The summed E-state index contributed by atoms with van der Waals surface area (Å²) in [5, 5.41) is 15.0. The van der Waals surface area contributed by atoms with Gasteiger partial charge in [0.05, 0.1) is 6.10 Å². The first-order valence-electron chi connectivity index (χ1n) is 13.0. The molecule has 4 aliphatic rings. The topological polar surface area (TPSA) is 101 Å². The lowest BCUT2D eigenvalue weighted by molar-refractivity contribution is -0.136. The average Bonchev–Trinajstić information content (AvgIpc) is 3.39. The number of likely N-dealkylation sites (tertiary alicyclic amines) is 2. The first-order chi connectivity index (χ1) is 17.4. The second kappa shape index (κ2) is 9.34. The van der Waals surface area contributed by atoms with Gasteiger partial charge in [-0.3, -0.25) is 14.3 Å². The Labute approximate surface area is 215 Å². The highest BCUT2D eigenvalue weighted by Gasteiger charge is 2.50. The summed E-state index contributed by atoms with van der Waals surface area (Å²) in [4.78, 5) is 34.6. The van der Waals surface area contributed by atoms with E-state index in [0.29, 0.717) is 73.7 Å². The summed E-state index contributed by atoms with van der Waals surface area (Å²) in [5.74, 6) is 1.38. The minimum atomic E-state index is -0.333. The number of hydrogen-bond donors (Lipinski definition) is 1. The third kappa shape index (κ3) is 4.36. The first kappa shape index (κ1) is 23.7. The zero-order valence-corrected chi connectivity index (χ0v) is 21.2. The number of ether oxygens (including phenoxy) is 1. The number of halogens is 1. The second-order valence-electron chi connectivity index (χ2n) is 10.7. The van der Waals surface area contributed by atoms with E-state index in [1.807, 2.05) is 11.8 Å². The summed E-state index contributed by atoms with van der Waals surface area (Å²) in [5.41, 5.74) is 2.64. The van der Waals surface area contributed by atoms with Crippen molar-refractivity contribution < 1.29 is 19.4 Å². The summed E-state index contributed by atoms with van der Waals surface area (Å²) in [6.45, 7) is 3.87. The molecule has 0 radical (unpaired) electrons. The summed E-state index contributed by atoms with van der Waals surface area (Å²) in [6.07, 6.45) is 5.87. The fraction of sp³-hybridized carbons (Fsp3) is 0.615. The number of pyridine rings is 1. The van der Waals surface area contributed by atoms with Crippen LogP contribution in [-0.4, -0.2) is 79.4 Å². The van der Waals surface area contributed by atoms with Crippen LogP contribution in [0.25, 0.3) is 0 Å². The molecule has 1 saturated carbocycles. The van der Waals surface area contributed by atoms with Crippen molar-refractivity contribution in [2.75, 3.05) is 19.6 Å². The number of amides is 2. The van der Waals surface area contributed by atoms with Crippen LogP contribution in [0.3, 0.4) is 0 Å². The summed E-state index contributed by atoms with van der Waals surface area (Å²) in [7, 11) is 0. The molecular weight excluding hydrogens is 482 g/mol. The molecule has 10 heteroatoms. The highest BCUT2D eigenvalue weighted by molar-refractivity contribution is 6.31. The molecule has 2 saturated heterocycles. The number of piperidine rings is 2. The van der Waals surface area contributed by atoms with Gasteiger partial charge in [0.1, 0.15) is 17.7 Å². The van der Waals surface area contributed by atoms with E-state index < -0.39 is 0 Å². The van der Waals surface area contributed by atoms with Gasteiger partial charge in [-0.1, -0.05) is 11.6 Å². The number of nitrogens with zero attached hydrogens (tertiary/aromatic N) is 5. The number of carbonyl (C=O) groups excluding carboxylic acids is 2. The third-order valence-electron chi connectivity index (χ3n) is 8.24. The Hall–Kier alpha value is -2.65. The Kier molecular flexibility index (Phi) is 6.16. The smallest absolute Gasteiger partial charge is 0.274 e. The fourth-order valence-electron chi connectivity index (χ4n) is 6.14. The maximum absolute atomic E-state index is 13.4. The van der Waals surface area contributed by atoms with Crippen molar-refractivity contribution in [2.45, 2.75) is 76.2 Å². The number of rotatable bonds is 5. The molecular formula is C26H32ClN5O4. The van der Waals surface area contributed by atoms with Gasteiger partial charge in [-0.05, 0) is 56.6 Å². The molecule has 0 unspecified atom stereocenters. The third-order valence-corrected chi connectivity index (χ3v) is 8.53.